The fourth-order valence-electron chi connectivity index (χ4n) is 2.09. The van der Waals surface area contributed by atoms with Crippen molar-refractivity contribution in [2.24, 2.45) is 11.7 Å². The van der Waals surface area contributed by atoms with Crippen LogP contribution < -0.4 is 5.73 Å². The van der Waals surface area contributed by atoms with E-state index in [0.717, 1.165) is 38.4 Å². The van der Waals surface area contributed by atoms with Crippen LogP contribution in [0.4, 0.5) is 0 Å². The molecule has 0 radical (unpaired) electrons. The van der Waals surface area contributed by atoms with Gasteiger partial charge in [-0.05, 0) is 6.42 Å². The lowest BCUT2D eigenvalue weighted by atomic mass is 10.00. The molecule has 1 aliphatic rings. The van der Waals surface area contributed by atoms with E-state index in [9.17, 15) is 0 Å². The van der Waals surface area contributed by atoms with Gasteiger partial charge in [0, 0.05) is 43.9 Å². The van der Waals surface area contributed by atoms with E-state index in [1.54, 1.807) is 0 Å². The molecule has 0 aromatic carbocycles. The highest BCUT2D eigenvalue weighted by Gasteiger charge is 2.23. The van der Waals surface area contributed by atoms with Gasteiger partial charge in [0.15, 0.2) is 0 Å². The average molecular weight is 209 g/mol. The molecular formula is C11H19N3O. The Morgan fingerprint density at radius 1 is 1.73 bits per heavy atom. The number of aromatic nitrogens is 2. The van der Waals surface area contributed by atoms with Crippen molar-refractivity contribution in [2.75, 3.05) is 13.2 Å². The van der Waals surface area contributed by atoms with Crippen LogP contribution >= 0.6 is 0 Å². The fraction of sp³-hybridized carbons (Fsp3) is 0.727. The van der Waals surface area contributed by atoms with Crippen molar-refractivity contribution in [3.05, 3.63) is 18.2 Å². The number of hydrogen-bond donors (Lipinski definition) is 1. The molecule has 2 N–H and O–H groups in total. The summed E-state index contributed by atoms with van der Waals surface area (Å²) in [5, 5.41) is 0. The first-order valence-corrected chi connectivity index (χ1v) is 5.64. The minimum atomic E-state index is 0.187. The maximum atomic E-state index is 6.17. The highest BCUT2D eigenvalue weighted by Crippen LogP contribution is 2.16. The third-order valence-electron chi connectivity index (χ3n) is 3.10. The molecule has 1 aromatic rings. The number of rotatable bonds is 4. The second kappa shape index (κ2) is 4.77. The van der Waals surface area contributed by atoms with E-state index in [1.165, 1.54) is 0 Å². The van der Waals surface area contributed by atoms with Crippen LogP contribution in [0.25, 0.3) is 0 Å². The van der Waals surface area contributed by atoms with Crippen LogP contribution in [0.5, 0.6) is 0 Å². The van der Waals surface area contributed by atoms with E-state index in [2.05, 4.69) is 16.5 Å². The van der Waals surface area contributed by atoms with E-state index >= 15 is 0 Å². The van der Waals surface area contributed by atoms with Crippen molar-refractivity contribution in [3.8, 4) is 0 Å². The molecule has 84 valence electrons. The SMILES string of the molecule is CCc1nccn1CC(N)C1CCOC1. The molecule has 2 unspecified atom stereocenters. The highest BCUT2D eigenvalue weighted by molar-refractivity contribution is 4.93. The summed E-state index contributed by atoms with van der Waals surface area (Å²) in [4.78, 5) is 4.29. The molecule has 1 aliphatic heterocycles. The summed E-state index contributed by atoms with van der Waals surface area (Å²) in [6, 6.07) is 0.187. The smallest absolute Gasteiger partial charge is 0.108 e. The molecule has 0 bridgehead atoms. The molecule has 1 fully saturated rings. The lowest BCUT2D eigenvalue weighted by Gasteiger charge is -2.19. The van der Waals surface area contributed by atoms with Crippen LogP contribution in [0.2, 0.25) is 0 Å². The number of nitrogens with zero attached hydrogens (tertiary/aromatic N) is 2. The second-order valence-corrected chi connectivity index (χ2v) is 4.14. The Bertz CT molecular complexity index is 305. The third kappa shape index (κ3) is 2.38. The van der Waals surface area contributed by atoms with Gasteiger partial charge in [-0.3, -0.25) is 0 Å². The monoisotopic (exact) mass is 209 g/mol. The van der Waals surface area contributed by atoms with Crippen LogP contribution in [-0.4, -0.2) is 28.8 Å². The first-order valence-electron chi connectivity index (χ1n) is 5.64. The molecule has 0 amide bonds. The minimum Gasteiger partial charge on any atom is -0.381 e. The molecule has 2 heterocycles. The van der Waals surface area contributed by atoms with Gasteiger partial charge < -0.3 is 15.0 Å². The summed E-state index contributed by atoms with van der Waals surface area (Å²) in [5.41, 5.74) is 6.17. The summed E-state index contributed by atoms with van der Waals surface area (Å²) in [7, 11) is 0. The van der Waals surface area contributed by atoms with Crippen LogP contribution in [0.15, 0.2) is 12.4 Å². The van der Waals surface area contributed by atoms with Gasteiger partial charge in [-0.25, -0.2) is 4.98 Å². The fourth-order valence-corrected chi connectivity index (χ4v) is 2.09. The maximum Gasteiger partial charge on any atom is 0.108 e. The van der Waals surface area contributed by atoms with Crippen molar-refractivity contribution in [1.82, 2.24) is 9.55 Å². The first-order chi connectivity index (χ1) is 7.31. The van der Waals surface area contributed by atoms with E-state index in [4.69, 9.17) is 10.5 Å². The Kier molecular flexibility index (Phi) is 3.38. The van der Waals surface area contributed by atoms with Crippen molar-refractivity contribution in [2.45, 2.75) is 32.4 Å². The van der Waals surface area contributed by atoms with Crippen LogP contribution in [0.1, 0.15) is 19.2 Å². The van der Waals surface area contributed by atoms with E-state index in [-0.39, 0.29) is 6.04 Å². The number of nitrogens with two attached hydrogens (primary N) is 1. The van der Waals surface area contributed by atoms with Crippen molar-refractivity contribution >= 4 is 0 Å². The van der Waals surface area contributed by atoms with Gasteiger partial charge in [0.2, 0.25) is 0 Å². The average Bonchev–Trinajstić information content (AvgIpc) is 2.87. The van der Waals surface area contributed by atoms with E-state index < -0.39 is 0 Å². The maximum absolute atomic E-state index is 6.17. The zero-order valence-corrected chi connectivity index (χ0v) is 9.22. The van der Waals surface area contributed by atoms with Gasteiger partial charge >= 0.3 is 0 Å². The van der Waals surface area contributed by atoms with E-state index in [1.807, 2.05) is 12.4 Å². The van der Waals surface area contributed by atoms with Crippen molar-refractivity contribution in [1.29, 1.82) is 0 Å². The zero-order chi connectivity index (χ0) is 10.7. The summed E-state index contributed by atoms with van der Waals surface area (Å²) < 4.78 is 7.50. The lowest BCUT2D eigenvalue weighted by molar-refractivity contribution is 0.178. The normalized spacial score (nSPS) is 23.2. The van der Waals surface area contributed by atoms with Gasteiger partial charge in [-0.1, -0.05) is 6.92 Å². The first kappa shape index (κ1) is 10.6. The van der Waals surface area contributed by atoms with Gasteiger partial charge in [0.25, 0.3) is 0 Å². The molecule has 4 heteroatoms. The van der Waals surface area contributed by atoms with Gasteiger partial charge in [-0.15, -0.1) is 0 Å². The lowest BCUT2D eigenvalue weighted by Crippen LogP contribution is -2.35. The number of imidazole rings is 1. The summed E-state index contributed by atoms with van der Waals surface area (Å²) in [5.74, 6) is 1.63. The molecule has 0 aliphatic carbocycles. The Morgan fingerprint density at radius 2 is 2.60 bits per heavy atom. The summed E-state index contributed by atoms with van der Waals surface area (Å²) >= 11 is 0. The standard InChI is InChI=1S/C11H19N3O/c1-2-11-13-4-5-14(11)7-10(12)9-3-6-15-8-9/h4-5,9-10H,2-3,6-8,12H2,1H3. The molecule has 2 atom stereocenters. The molecule has 1 saturated heterocycles. The number of ether oxygens (including phenoxy) is 1. The predicted octanol–water partition coefficient (Wildman–Crippen LogP) is 0.809. The molecular weight excluding hydrogens is 190 g/mol. The van der Waals surface area contributed by atoms with E-state index in [0.29, 0.717) is 5.92 Å². The van der Waals surface area contributed by atoms with Crippen molar-refractivity contribution < 1.29 is 4.74 Å². The number of aryl methyl sites for hydroxylation is 1. The van der Waals surface area contributed by atoms with Gasteiger partial charge in [0.05, 0.1) is 6.61 Å². The second-order valence-electron chi connectivity index (χ2n) is 4.14. The summed E-state index contributed by atoms with van der Waals surface area (Å²) in [6.07, 6.45) is 5.91. The molecule has 1 aromatic heterocycles. The minimum absolute atomic E-state index is 0.187. The quantitative estimate of drug-likeness (QED) is 0.798. The van der Waals surface area contributed by atoms with Gasteiger partial charge in [0.1, 0.15) is 5.82 Å². The Labute approximate surface area is 90.4 Å². The molecule has 15 heavy (non-hydrogen) atoms. The largest absolute Gasteiger partial charge is 0.381 e. The van der Waals surface area contributed by atoms with Crippen LogP contribution in [0.3, 0.4) is 0 Å². The number of hydrogen-bond acceptors (Lipinski definition) is 3. The molecule has 2 rings (SSSR count). The third-order valence-corrected chi connectivity index (χ3v) is 3.10. The van der Waals surface area contributed by atoms with Gasteiger partial charge in [-0.2, -0.15) is 0 Å². The zero-order valence-electron chi connectivity index (χ0n) is 9.22. The predicted molar refractivity (Wildman–Crippen MR) is 58.5 cm³/mol. The Morgan fingerprint density at radius 3 is 3.27 bits per heavy atom. The van der Waals surface area contributed by atoms with Crippen molar-refractivity contribution in [3.63, 3.8) is 0 Å². The highest BCUT2D eigenvalue weighted by atomic mass is 16.5. The van der Waals surface area contributed by atoms with Crippen LogP contribution in [-0.2, 0) is 17.7 Å². The Hall–Kier alpha value is -0.870. The molecule has 0 saturated carbocycles. The topological polar surface area (TPSA) is 53.1 Å². The molecule has 4 nitrogen and oxygen atoms in total. The van der Waals surface area contributed by atoms with Crippen LogP contribution in [0, 0.1) is 5.92 Å². The Balaban J connectivity index is 1.95. The summed E-state index contributed by atoms with van der Waals surface area (Å²) in [6.45, 7) is 4.65. The molecule has 0 spiro atoms.